The van der Waals surface area contributed by atoms with Crippen molar-refractivity contribution in [1.29, 1.82) is 0 Å². The molecule has 6 heteroatoms. The molecule has 2 heterocycles. The minimum atomic E-state index is -0.470. The molecule has 1 aliphatic rings. The number of carbonyl (C=O) groups is 1. The van der Waals surface area contributed by atoms with Crippen molar-refractivity contribution in [3.05, 3.63) is 22.8 Å². The minimum Gasteiger partial charge on any atom is -0.444 e. The summed E-state index contributed by atoms with van der Waals surface area (Å²) in [5.74, 6) is 0.975. The quantitative estimate of drug-likeness (QED) is 0.862. The van der Waals surface area contributed by atoms with Gasteiger partial charge in [0.15, 0.2) is 0 Å². The molecule has 1 N–H and O–H groups in total. The van der Waals surface area contributed by atoms with E-state index in [4.69, 9.17) is 4.74 Å². The summed E-state index contributed by atoms with van der Waals surface area (Å²) < 4.78 is 6.33. The Hall–Kier alpha value is -1.30. The number of carbonyl (C=O) groups excluding carboxylic acids is 1. The molecule has 22 heavy (non-hydrogen) atoms. The van der Waals surface area contributed by atoms with Gasteiger partial charge in [-0.05, 0) is 68.6 Å². The van der Waals surface area contributed by atoms with Crippen LogP contribution in [0, 0.1) is 0 Å². The topological polar surface area (TPSA) is 54.5 Å². The number of ether oxygens (including phenoxy) is 1. The van der Waals surface area contributed by atoms with Crippen LogP contribution in [0.25, 0.3) is 0 Å². The summed E-state index contributed by atoms with van der Waals surface area (Å²) in [6.07, 6.45) is 3.20. The molecule has 1 aliphatic heterocycles. The van der Waals surface area contributed by atoms with Crippen LogP contribution in [0.5, 0.6) is 0 Å². The van der Waals surface area contributed by atoms with Crippen LogP contribution in [0.1, 0.15) is 40.5 Å². The molecule has 0 unspecified atom stereocenters. The van der Waals surface area contributed by atoms with E-state index in [1.807, 2.05) is 39.1 Å². The maximum atomic E-state index is 12.0. The summed E-state index contributed by atoms with van der Waals surface area (Å²) in [6, 6.07) is 4.00. The van der Waals surface area contributed by atoms with Crippen LogP contribution in [0.4, 0.5) is 10.6 Å². The molecule has 0 atom stereocenters. The highest BCUT2D eigenvalue weighted by molar-refractivity contribution is 9.10. The van der Waals surface area contributed by atoms with Crippen molar-refractivity contribution >= 4 is 27.8 Å². The molecule has 1 fully saturated rings. The van der Waals surface area contributed by atoms with Gasteiger partial charge in [0.25, 0.3) is 0 Å². The minimum absolute atomic E-state index is 0.228. The molecule has 1 amide bonds. The van der Waals surface area contributed by atoms with Gasteiger partial charge in [-0.3, -0.25) is 0 Å². The predicted molar refractivity (Wildman–Crippen MR) is 91.2 cm³/mol. The molecule has 2 rings (SSSR count). The van der Waals surface area contributed by atoms with E-state index in [2.05, 4.69) is 38.1 Å². The number of aromatic nitrogens is 1. The summed E-state index contributed by atoms with van der Waals surface area (Å²) >= 11 is 3.40. The van der Waals surface area contributed by atoms with Crippen LogP contribution in [0.2, 0.25) is 0 Å². The van der Waals surface area contributed by atoms with Gasteiger partial charge in [-0.25, -0.2) is 9.78 Å². The number of nitrogens with zero attached hydrogens (tertiary/aromatic N) is 2. The van der Waals surface area contributed by atoms with Gasteiger partial charge in [0.2, 0.25) is 0 Å². The SMILES string of the molecule is CC1(NC(=O)OC(C)(C)C)CCN(c2ccc(Br)cn2)CC1. The first kappa shape index (κ1) is 17.1. The Bertz CT molecular complexity index is 517. The number of rotatable bonds is 2. The van der Waals surface area contributed by atoms with E-state index >= 15 is 0 Å². The van der Waals surface area contributed by atoms with Gasteiger partial charge in [-0.2, -0.15) is 0 Å². The average molecular weight is 370 g/mol. The van der Waals surface area contributed by atoms with Crippen LogP contribution >= 0.6 is 15.9 Å². The number of nitrogens with one attached hydrogen (secondary N) is 1. The number of hydrogen-bond donors (Lipinski definition) is 1. The second kappa shape index (κ2) is 6.44. The van der Waals surface area contributed by atoms with Crippen LogP contribution in [0.15, 0.2) is 22.8 Å². The largest absolute Gasteiger partial charge is 0.444 e. The first-order chi connectivity index (χ1) is 10.2. The summed E-state index contributed by atoms with van der Waals surface area (Å²) in [4.78, 5) is 18.6. The monoisotopic (exact) mass is 369 g/mol. The van der Waals surface area contributed by atoms with Crippen molar-refractivity contribution in [2.75, 3.05) is 18.0 Å². The van der Waals surface area contributed by atoms with Crippen LogP contribution in [-0.4, -0.2) is 35.3 Å². The smallest absolute Gasteiger partial charge is 0.408 e. The lowest BCUT2D eigenvalue weighted by molar-refractivity contribution is 0.0448. The van der Waals surface area contributed by atoms with Crippen LogP contribution in [0.3, 0.4) is 0 Å². The number of pyridine rings is 1. The Labute approximate surface area is 140 Å². The fraction of sp³-hybridized carbons (Fsp3) is 0.625. The molecule has 122 valence electrons. The van der Waals surface area contributed by atoms with E-state index in [1.54, 1.807) is 0 Å². The van der Waals surface area contributed by atoms with E-state index in [0.29, 0.717) is 0 Å². The second-order valence-electron chi connectivity index (χ2n) is 7.01. The fourth-order valence-electron chi connectivity index (χ4n) is 2.46. The zero-order valence-corrected chi connectivity index (χ0v) is 15.2. The average Bonchev–Trinajstić information content (AvgIpc) is 2.38. The number of alkyl carbamates (subject to hydrolysis) is 1. The lowest BCUT2D eigenvalue weighted by atomic mass is 9.90. The Morgan fingerprint density at radius 1 is 1.36 bits per heavy atom. The molecule has 1 saturated heterocycles. The Kier molecular flexibility index (Phi) is 5.00. The Morgan fingerprint density at radius 2 is 2.00 bits per heavy atom. The molecular formula is C16H24BrN3O2. The van der Waals surface area contributed by atoms with E-state index < -0.39 is 5.60 Å². The third-order valence-corrected chi connectivity index (χ3v) is 4.17. The fourth-order valence-corrected chi connectivity index (χ4v) is 2.69. The molecule has 0 aromatic carbocycles. The number of anilines is 1. The maximum Gasteiger partial charge on any atom is 0.408 e. The van der Waals surface area contributed by atoms with Gasteiger partial charge in [-0.1, -0.05) is 0 Å². The number of piperidine rings is 1. The predicted octanol–water partition coefficient (Wildman–Crippen LogP) is 3.73. The van der Waals surface area contributed by atoms with E-state index in [0.717, 1.165) is 36.2 Å². The van der Waals surface area contributed by atoms with Gasteiger partial charge in [0, 0.05) is 29.3 Å². The van der Waals surface area contributed by atoms with Crippen molar-refractivity contribution in [3.63, 3.8) is 0 Å². The first-order valence-electron chi connectivity index (χ1n) is 7.55. The number of hydrogen-bond acceptors (Lipinski definition) is 4. The second-order valence-corrected chi connectivity index (χ2v) is 7.92. The number of amides is 1. The van der Waals surface area contributed by atoms with E-state index in [-0.39, 0.29) is 11.6 Å². The van der Waals surface area contributed by atoms with Gasteiger partial charge in [0.05, 0.1) is 0 Å². The van der Waals surface area contributed by atoms with E-state index in [1.165, 1.54) is 0 Å². The summed E-state index contributed by atoms with van der Waals surface area (Å²) in [6.45, 7) is 9.41. The third-order valence-electron chi connectivity index (χ3n) is 3.71. The maximum absolute atomic E-state index is 12.0. The highest BCUT2D eigenvalue weighted by Gasteiger charge is 2.33. The Balaban J connectivity index is 1.90. The summed E-state index contributed by atoms with van der Waals surface area (Å²) in [5.41, 5.74) is -0.698. The lowest BCUT2D eigenvalue weighted by Gasteiger charge is -2.40. The summed E-state index contributed by atoms with van der Waals surface area (Å²) in [5, 5.41) is 3.02. The van der Waals surface area contributed by atoms with Gasteiger partial charge < -0.3 is 15.0 Å². The van der Waals surface area contributed by atoms with Gasteiger partial charge in [-0.15, -0.1) is 0 Å². The van der Waals surface area contributed by atoms with Crippen molar-refractivity contribution in [1.82, 2.24) is 10.3 Å². The summed E-state index contributed by atoms with van der Waals surface area (Å²) in [7, 11) is 0. The van der Waals surface area contributed by atoms with Gasteiger partial charge in [0.1, 0.15) is 11.4 Å². The standard InChI is InChI=1S/C16H24BrN3O2/c1-15(2,3)22-14(21)19-16(4)7-9-20(10-8-16)13-6-5-12(17)11-18-13/h5-6,11H,7-10H2,1-4H3,(H,19,21). The zero-order chi connectivity index (χ0) is 16.4. The highest BCUT2D eigenvalue weighted by atomic mass is 79.9. The Morgan fingerprint density at radius 3 is 2.50 bits per heavy atom. The zero-order valence-electron chi connectivity index (χ0n) is 13.6. The lowest BCUT2D eigenvalue weighted by Crippen LogP contribution is -2.54. The number of halogens is 1. The molecule has 0 aliphatic carbocycles. The molecule has 0 saturated carbocycles. The first-order valence-corrected chi connectivity index (χ1v) is 8.34. The van der Waals surface area contributed by atoms with Gasteiger partial charge >= 0.3 is 6.09 Å². The molecule has 0 bridgehead atoms. The molecule has 0 radical (unpaired) electrons. The van der Waals surface area contributed by atoms with Crippen molar-refractivity contribution in [3.8, 4) is 0 Å². The van der Waals surface area contributed by atoms with Crippen molar-refractivity contribution in [2.24, 2.45) is 0 Å². The van der Waals surface area contributed by atoms with Crippen molar-refractivity contribution in [2.45, 2.75) is 51.7 Å². The van der Waals surface area contributed by atoms with Crippen LogP contribution < -0.4 is 10.2 Å². The highest BCUT2D eigenvalue weighted by Crippen LogP contribution is 2.26. The van der Waals surface area contributed by atoms with Crippen molar-refractivity contribution < 1.29 is 9.53 Å². The van der Waals surface area contributed by atoms with E-state index in [9.17, 15) is 4.79 Å². The normalized spacial score (nSPS) is 18.0. The molecular weight excluding hydrogens is 346 g/mol. The molecule has 0 spiro atoms. The molecule has 5 nitrogen and oxygen atoms in total. The van der Waals surface area contributed by atoms with Crippen LogP contribution in [-0.2, 0) is 4.74 Å². The molecule has 1 aromatic rings. The third kappa shape index (κ3) is 4.87. The molecule has 1 aromatic heterocycles.